The fourth-order valence-corrected chi connectivity index (χ4v) is 3.25. The van der Waals surface area contributed by atoms with Crippen molar-refractivity contribution in [1.29, 1.82) is 0 Å². The van der Waals surface area contributed by atoms with Gasteiger partial charge in [0, 0.05) is 24.5 Å². The van der Waals surface area contributed by atoms with E-state index in [1.807, 2.05) is 0 Å². The number of hydrogen-bond acceptors (Lipinski definition) is 4. The van der Waals surface area contributed by atoms with Gasteiger partial charge in [-0.05, 0) is 31.1 Å². The van der Waals surface area contributed by atoms with Crippen LogP contribution >= 0.6 is 11.5 Å². The second-order valence-corrected chi connectivity index (χ2v) is 6.04. The van der Waals surface area contributed by atoms with Gasteiger partial charge in [-0.1, -0.05) is 26.7 Å². The molecule has 1 aliphatic rings. The standard InChI is InChI=1S/C13H23N3S/c1-3-5-12-15-13(17-16-12)14-9-11-7-4-6-10(2)8-11/h10-11H,3-9H2,1-2H3,(H,14,15,16). The van der Waals surface area contributed by atoms with Crippen molar-refractivity contribution in [2.24, 2.45) is 11.8 Å². The van der Waals surface area contributed by atoms with E-state index in [9.17, 15) is 0 Å². The van der Waals surface area contributed by atoms with Crippen molar-refractivity contribution >= 4 is 16.7 Å². The molecule has 2 unspecified atom stereocenters. The number of rotatable bonds is 5. The van der Waals surface area contributed by atoms with E-state index >= 15 is 0 Å². The molecule has 3 nitrogen and oxygen atoms in total. The first kappa shape index (κ1) is 12.8. The van der Waals surface area contributed by atoms with Crippen LogP contribution in [0.5, 0.6) is 0 Å². The minimum atomic E-state index is 0.831. The third-order valence-corrected chi connectivity index (χ3v) is 4.24. The van der Waals surface area contributed by atoms with Crippen LogP contribution in [0.1, 0.15) is 51.8 Å². The van der Waals surface area contributed by atoms with E-state index in [1.54, 1.807) is 0 Å². The number of nitrogens with one attached hydrogen (secondary N) is 1. The molecule has 2 rings (SSSR count). The molecular formula is C13H23N3S. The Labute approximate surface area is 108 Å². The van der Waals surface area contributed by atoms with Crippen molar-refractivity contribution in [3.8, 4) is 0 Å². The highest BCUT2D eigenvalue weighted by molar-refractivity contribution is 7.09. The second kappa shape index (κ2) is 6.34. The van der Waals surface area contributed by atoms with Crippen LogP contribution in [0.2, 0.25) is 0 Å². The molecule has 1 aliphatic carbocycles. The fourth-order valence-electron chi connectivity index (χ4n) is 2.63. The Bertz CT molecular complexity index is 337. The number of anilines is 1. The van der Waals surface area contributed by atoms with Gasteiger partial charge >= 0.3 is 0 Å². The minimum Gasteiger partial charge on any atom is -0.360 e. The Balaban J connectivity index is 1.76. The smallest absolute Gasteiger partial charge is 0.202 e. The minimum absolute atomic E-state index is 0.831. The van der Waals surface area contributed by atoms with Gasteiger partial charge in [0.25, 0.3) is 0 Å². The van der Waals surface area contributed by atoms with E-state index in [0.717, 1.165) is 42.2 Å². The molecule has 96 valence electrons. The normalized spacial score (nSPS) is 24.8. The molecule has 1 saturated carbocycles. The van der Waals surface area contributed by atoms with Gasteiger partial charge in [0.2, 0.25) is 5.13 Å². The van der Waals surface area contributed by atoms with E-state index in [0.29, 0.717) is 0 Å². The summed E-state index contributed by atoms with van der Waals surface area (Å²) in [7, 11) is 0. The van der Waals surface area contributed by atoms with E-state index in [1.165, 1.54) is 37.2 Å². The lowest BCUT2D eigenvalue weighted by atomic mass is 9.82. The molecule has 0 aliphatic heterocycles. The summed E-state index contributed by atoms with van der Waals surface area (Å²) in [5.41, 5.74) is 0. The first-order valence-electron chi connectivity index (χ1n) is 6.84. The molecule has 2 atom stereocenters. The van der Waals surface area contributed by atoms with Gasteiger partial charge in [-0.3, -0.25) is 0 Å². The van der Waals surface area contributed by atoms with Gasteiger partial charge in [0.05, 0.1) is 0 Å². The summed E-state index contributed by atoms with van der Waals surface area (Å²) in [5, 5.41) is 4.46. The largest absolute Gasteiger partial charge is 0.360 e. The molecule has 0 radical (unpaired) electrons. The van der Waals surface area contributed by atoms with Gasteiger partial charge in [-0.2, -0.15) is 4.37 Å². The fraction of sp³-hybridized carbons (Fsp3) is 0.846. The van der Waals surface area contributed by atoms with Gasteiger partial charge in [0.1, 0.15) is 5.82 Å². The highest BCUT2D eigenvalue weighted by Crippen LogP contribution is 2.28. The maximum Gasteiger partial charge on any atom is 0.202 e. The monoisotopic (exact) mass is 253 g/mol. The Morgan fingerprint density at radius 3 is 3.06 bits per heavy atom. The second-order valence-electron chi connectivity index (χ2n) is 5.28. The molecule has 1 aromatic rings. The summed E-state index contributed by atoms with van der Waals surface area (Å²) in [6.45, 7) is 5.61. The Kier molecular flexibility index (Phi) is 4.77. The first-order chi connectivity index (χ1) is 8.28. The molecule has 0 spiro atoms. The summed E-state index contributed by atoms with van der Waals surface area (Å²) in [5.74, 6) is 2.73. The van der Waals surface area contributed by atoms with Gasteiger partial charge < -0.3 is 5.32 Å². The highest BCUT2D eigenvalue weighted by atomic mass is 32.1. The summed E-state index contributed by atoms with van der Waals surface area (Å²) in [6.07, 6.45) is 7.67. The van der Waals surface area contributed by atoms with Gasteiger partial charge in [-0.15, -0.1) is 0 Å². The zero-order chi connectivity index (χ0) is 12.1. The van der Waals surface area contributed by atoms with Crippen molar-refractivity contribution in [2.45, 2.75) is 52.4 Å². The summed E-state index contributed by atoms with van der Waals surface area (Å²) < 4.78 is 4.35. The summed E-state index contributed by atoms with van der Waals surface area (Å²) in [4.78, 5) is 4.50. The van der Waals surface area contributed by atoms with E-state index < -0.39 is 0 Å². The molecule has 17 heavy (non-hydrogen) atoms. The average molecular weight is 253 g/mol. The van der Waals surface area contributed by atoms with Crippen molar-refractivity contribution in [3.05, 3.63) is 5.82 Å². The van der Waals surface area contributed by atoms with Crippen LogP contribution in [0.4, 0.5) is 5.13 Å². The Hall–Kier alpha value is -0.640. The quantitative estimate of drug-likeness (QED) is 0.869. The highest BCUT2D eigenvalue weighted by Gasteiger charge is 2.18. The predicted molar refractivity (Wildman–Crippen MR) is 73.5 cm³/mol. The molecule has 1 fully saturated rings. The molecule has 4 heteroatoms. The van der Waals surface area contributed by atoms with Crippen LogP contribution in [0, 0.1) is 11.8 Å². The Morgan fingerprint density at radius 2 is 2.29 bits per heavy atom. The molecule has 0 aromatic carbocycles. The summed E-state index contributed by atoms with van der Waals surface area (Å²) >= 11 is 1.51. The lowest BCUT2D eigenvalue weighted by Crippen LogP contribution is -2.20. The molecule has 1 heterocycles. The molecule has 0 bridgehead atoms. The number of nitrogens with zero attached hydrogens (tertiary/aromatic N) is 2. The first-order valence-corrected chi connectivity index (χ1v) is 7.61. The van der Waals surface area contributed by atoms with Crippen LogP contribution in [-0.2, 0) is 6.42 Å². The molecule has 1 N–H and O–H groups in total. The Morgan fingerprint density at radius 1 is 1.41 bits per heavy atom. The average Bonchev–Trinajstić information content (AvgIpc) is 2.75. The topological polar surface area (TPSA) is 37.8 Å². The van der Waals surface area contributed by atoms with Gasteiger partial charge in [0.15, 0.2) is 0 Å². The van der Waals surface area contributed by atoms with E-state index in [4.69, 9.17) is 0 Å². The predicted octanol–water partition coefficient (Wildman–Crippen LogP) is 3.73. The number of aryl methyl sites for hydroxylation is 1. The van der Waals surface area contributed by atoms with Gasteiger partial charge in [-0.25, -0.2) is 4.98 Å². The van der Waals surface area contributed by atoms with E-state index in [-0.39, 0.29) is 0 Å². The van der Waals surface area contributed by atoms with Crippen LogP contribution in [-0.4, -0.2) is 15.9 Å². The lowest BCUT2D eigenvalue weighted by molar-refractivity contribution is 0.293. The molecular weight excluding hydrogens is 230 g/mol. The maximum absolute atomic E-state index is 4.50. The summed E-state index contributed by atoms with van der Waals surface area (Å²) in [6, 6.07) is 0. The molecule has 1 aromatic heterocycles. The van der Waals surface area contributed by atoms with Crippen LogP contribution in [0.25, 0.3) is 0 Å². The third-order valence-electron chi connectivity index (χ3n) is 3.53. The number of aromatic nitrogens is 2. The molecule has 0 amide bonds. The van der Waals surface area contributed by atoms with Crippen LogP contribution in [0.15, 0.2) is 0 Å². The van der Waals surface area contributed by atoms with Crippen molar-refractivity contribution in [1.82, 2.24) is 9.36 Å². The lowest BCUT2D eigenvalue weighted by Gasteiger charge is -2.26. The number of hydrogen-bond donors (Lipinski definition) is 1. The SMILES string of the molecule is CCCc1nsc(NCC2CCCC(C)C2)n1. The third kappa shape index (κ3) is 3.95. The van der Waals surface area contributed by atoms with Crippen LogP contribution in [0.3, 0.4) is 0 Å². The van der Waals surface area contributed by atoms with Crippen LogP contribution < -0.4 is 5.32 Å². The molecule has 0 saturated heterocycles. The van der Waals surface area contributed by atoms with Crippen molar-refractivity contribution in [2.75, 3.05) is 11.9 Å². The van der Waals surface area contributed by atoms with E-state index in [2.05, 4.69) is 28.5 Å². The maximum atomic E-state index is 4.50. The zero-order valence-electron chi connectivity index (χ0n) is 10.9. The zero-order valence-corrected chi connectivity index (χ0v) is 11.7. The van der Waals surface area contributed by atoms with Crippen molar-refractivity contribution < 1.29 is 0 Å². The van der Waals surface area contributed by atoms with Crippen molar-refractivity contribution in [3.63, 3.8) is 0 Å².